The second-order valence-corrected chi connectivity index (χ2v) is 7.80. The van der Waals surface area contributed by atoms with Crippen LogP contribution in [0.2, 0.25) is 5.02 Å². The molecule has 0 aliphatic heterocycles. The molecule has 0 bridgehead atoms. The number of carbonyl (C=O) groups excluding carboxylic acids is 1. The molecule has 0 spiro atoms. The fraction of sp³-hybridized carbons (Fsp3) is 0.0833. The van der Waals surface area contributed by atoms with Crippen LogP contribution >= 0.6 is 23.8 Å². The van der Waals surface area contributed by atoms with E-state index >= 15 is 0 Å². The Balaban J connectivity index is 1.46. The van der Waals surface area contributed by atoms with Gasteiger partial charge in [0, 0.05) is 5.56 Å². The predicted molar refractivity (Wildman–Crippen MR) is 134 cm³/mol. The van der Waals surface area contributed by atoms with Crippen molar-refractivity contribution in [3.63, 3.8) is 0 Å². The van der Waals surface area contributed by atoms with Crippen LogP contribution in [-0.4, -0.2) is 40.7 Å². The first kappa shape index (κ1) is 23.2. The largest absolute Gasteiger partial charge is 0.493 e. The van der Waals surface area contributed by atoms with Crippen LogP contribution in [0.15, 0.2) is 77.9 Å². The van der Waals surface area contributed by atoms with Gasteiger partial charge in [-0.25, -0.2) is 5.10 Å². The van der Waals surface area contributed by atoms with Gasteiger partial charge >= 0.3 is 0 Å². The van der Waals surface area contributed by atoms with Gasteiger partial charge in [-0.3, -0.25) is 4.79 Å². The molecule has 0 atom stereocenters. The molecule has 1 amide bonds. The number of para-hydroxylation sites is 1. The molecule has 1 heterocycles. The van der Waals surface area contributed by atoms with Gasteiger partial charge in [-0.05, 0) is 48.1 Å². The van der Waals surface area contributed by atoms with Crippen LogP contribution in [0.1, 0.15) is 5.56 Å². The predicted octanol–water partition coefficient (Wildman–Crippen LogP) is 5.17. The Morgan fingerprint density at radius 3 is 2.68 bits per heavy atom. The maximum absolute atomic E-state index is 12.2. The quantitative estimate of drug-likeness (QED) is 0.261. The second kappa shape index (κ2) is 10.8. The van der Waals surface area contributed by atoms with Gasteiger partial charge in [0.25, 0.3) is 5.91 Å². The second-order valence-electron chi connectivity index (χ2n) is 7.00. The van der Waals surface area contributed by atoms with Crippen molar-refractivity contribution in [3.8, 4) is 22.9 Å². The average molecular weight is 494 g/mol. The standard InChI is InChI=1S/C24H20ClN5O3S/c1-32-21-13-16(14-26-30-23(28-29-24(30)34)17-7-3-2-4-8-17)11-12-20(21)33-15-22(31)27-19-10-6-5-9-18(19)25/h2-14H,15H2,1H3,(H,27,31)(H,29,34)/b26-14+. The van der Waals surface area contributed by atoms with E-state index in [0.717, 1.165) is 11.1 Å². The molecule has 0 aliphatic rings. The maximum Gasteiger partial charge on any atom is 0.262 e. The Bertz CT molecular complexity index is 1380. The summed E-state index contributed by atoms with van der Waals surface area (Å²) in [5, 5.41) is 14.7. The number of anilines is 1. The summed E-state index contributed by atoms with van der Waals surface area (Å²) in [7, 11) is 1.52. The van der Waals surface area contributed by atoms with E-state index in [4.69, 9.17) is 33.3 Å². The number of nitrogens with one attached hydrogen (secondary N) is 2. The zero-order valence-corrected chi connectivity index (χ0v) is 19.6. The van der Waals surface area contributed by atoms with Gasteiger partial charge < -0.3 is 14.8 Å². The number of rotatable bonds is 8. The van der Waals surface area contributed by atoms with Gasteiger partial charge in [0.1, 0.15) is 0 Å². The third kappa shape index (κ3) is 5.51. The van der Waals surface area contributed by atoms with Crippen LogP contribution in [0.4, 0.5) is 5.69 Å². The molecule has 0 unspecified atom stereocenters. The molecule has 0 aliphatic carbocycles. The van der Waals surface area contributed by atoms with E-state index in [1.807, 2.05) is 30.3 Å². The Kier molecular flexibility index (Phi) is 7.36. The summed E-state index contributed by atoms with van der Waals surface area (Å²) in [6.07, 6.45) is 1.63. The number of aromatic nitrogens is 3. The molecule has 0 saturated heterocycles. The highest BCUT2D eigenvalue weighted by Crippen LogP contribution is 2.28. The smallest absolute Gasteiger partial charge is 0.262 e. The number of H-pyrrole nitrogens is 1. The van der Waals surface area contributed by atoms with Gasteiger partial charge in [0.15, 0.2) is 23.9 Å². The molecule has 0 fully saturated rings. The number of halogens is 1. The maximum atomic E-state index is 12.2. The molecule has 0 saturated carbocycles. The number of hydrogen-bond acceptors (Lipinski definition) is 6. The van der Waals surface area contributed by atoms with Gasteiger partial charge in [-0.1, -0.05) is 54.1 Å². The number of carbonyl (C=O) groups is 1. The summed E-state index contributed by atoms with van der Waals surface area (Å²) in [6, 6.07) is 21.8. The monoisotopic (exact) mass is 493 g/mol. The SMILES string of the molecule is COc1cc(/C=N/n2c(-c3ccccc3)n[nH]c2=S)ccc1OCC(=O)Nc1ccccc1Cl. The summed E-state index contributed by atoms with van der Waals surface area (Å²) >= 11 is 11.4. The third-order valence-electron chi connectivity index (χ3n) is 4.70. The highest BCUT2D eigenvalue weighted by Gasteiger charge is 2.11. The molecular formula is C24H20ClN5O3S. The molecule has 4 rings (SSSR count). The summed E-state index contributed by atoms with van der Waals surface area (Å²) in [5.74, 6) is 1.12. The summed E-state index contributed by atoms with van der Waals surface area (Å²) in [6.45, 7) is -0.209. The molecule has 10 heteroatoms. The van der Waals surface area contributed by atoms with Crippen molar-refractivity contribution < 1.29 is 14.3 Å². The zero-order valence-electron chi connectivity index (χ0n) is 18.1. The lowest BCUT2D eigenvalue weighted by Gasteiger charge is -2.12. The van der Waals surface area contributed by atoms with E-state index in [9.17, 15) is 4.79 Å². The van der Waals surface area contributed by atoms with Crippen LogP contribution in [0.25, 0.3) is 11.4 Å². The first-order chi connectivity index (χ1) is 16.5. The van der Waals surface area contributed by atoms with Crippen molar-refractivity contribution in [3.05, 3.63) is 88.2 Å². The molecule has 3 aromatic carbocycles. The Labute approximate surface area is 205 Å². The fourth-order valence-corrected chi connectivity index (χ4v) is 3.44. The number of aromatic amines is 1. The third-order valence-corrected chi connectivity index (χ3v) is 5.29. The number of benzene rings is 3. The first-order valence-corrected chi connectivity index (χ1v) is 11.0. The molecule has 1 aromatic heterocycles. The van der Waals surface area contributed by atoms with Crippen molar-refractivity contribution in [2.75, 3.05) is 19.0 Å². The van der Waals surface area contributed by atoms with E-state index in [-0.39, 0.29) is 12.5 Å². The highest BCUT2D eigenvalue weighted by atomic mass is 35.5. The van der Waals surface area contributed by atoms with E-state index in [2.05, 4.69) is 20.6 Å². The normalized spacial score (nSPS) is 10.9. The van der Waals surface area contributed by atoms with Crippen LogP contribution in [-0.2, 0) is 4.79 Å². The van der Waals surface area contributed by atoms with E-state index in [0.29, 0.717) is 32.8 Å². The number of ether oxygens (including phenoxy) is 2. The molecule has 34 heavy (non-hydrogen) atoms. The van der Waals surface area contributed by atoms with Crippen LogP contribution in [0, 0.1) is 4.77 Å². The number of methoxy groups -OCH3 is 1. The van der Waals surface area contributed by atoms with E-state index < -0.39 is 0 Å². The molecule has 2 N–H and O–H groups in total. The Morgan fingerprint density at radius 1 is 1.15 bits per heavy atom. The number of amides is 1. The van der Waals surface area contributed by atoms with Crippen molar-refractivity contribution in [2.45, 2.75) is 0 Å². The van der Waals surface area contributed by atoms with E-state index in [1.165, 1.54) is 7.11 Å². The summed E-state index contributed by atoms with van der Waals surface area (Å²) in [4.78, 5) is 12.2. The fourth-order valence-electron chi connectivity index (χ4n) is 3.07. The first-order valence-electron chi connectivity index (χ1n) is 10.2. The summed E-state index contributed by atoms with van der Waals surface area (Å²) in [5.41, 5.74) is 2.14. The number of hydrogen-bond donors (Lipinski definition) is 2. The lowest BCUT2D eigenvalue weighted by Crippen LogP contribution is -2.20. The Hall–Kier alpha value is -3.95. The van der Waals surface area contributed by atoms with Gasteiger partial charge in [-0.2, -0.15) is 14.9 Å². The molecule has 172 valence electrons. The lowest BCUT2D eigenvalue weighted by molar-refractivity contribution is -0.118. The minimum absolute atomic E-state index is 0.209. The zero-order chi connectivity index (χ0) is 23.9. The van der Waals surface area contributed by atoms with Crippen molar-refractivity contribution in [1.82, 2.24) is 14.9 Å². The number of nitrogens with zero attached hydrogens (tertiary/aromatic N) is 3. The van der Waals surface area contributed by atoms with Crippen molar-refractivity contribution >= 4 is 41.6 Å². The van der Waals surface area contributed by atoms with Crippen molar-refractivity contribution in [1.29, 1.82) is 0 Å². The van der Waals surface area contributed by atoms with Crippen LogP contribution < -0.4 is 14.8 Å². The molecule has 0 radical (unpaired) electrons. The highest BCUT2D eigenvalue weighted by molar-refractivity contribution is 7.71. The van der Waals surface area contributed by atoms with Crippen molar-refractivity contribution in [2.24, 2.45) is 5.10 Å². The Morgan fingerprint density at radius 2 is 1.91 bits per heavy atom. The molecule has 8 nitrogen and oxygen atoms in total. The molecular weight excluding hydrogens is 474 g/mol. The lowest BCUT2D eigenvalue weighted by atomic mass is 10.2. The minimum atomic E-state index is -0.344. The van der Waals surface area contributed by atoms with E-state index in [1.54, 1.807) is 53.4 Å². The van der Waals surface area contributed by atoms with Crippen LogP contribution in [0.3, 0.4) is 0 Å². The molecule has 4 aromatic rings. The van der Waals surface area contributed by atoms with Gasteiger partial charge in [0.2, 0.25) is 4.77 Å². The summed E-state index contributed by atoms with van der Waals surface area (Å²) < 4.78 is 13.0. The van der Waals surface area contributed by atoms with Gasteiger partial charge in [0.05, 0.1) is 24.0 Å². The average Bonchev–Trinajstić information content (AvgIpc) is 3.23. The van der Waals surface area contributed by atoms with Crippen LogP contribution in [0.5, 0.6) is 11.5 Å². The topological polar surface area (TPSA) is 93.5 Å². The van der Waals surface area contributed by atoms with Gasteiger partial charge in [-0.15, -0.1) is 0 Å². The minimum Gasteiger partial charge on any atom is -0.493 e.